The van der Waals surface area contributed by atoms with Crippen molar-refractivity contribution in [2.45, 2.75) is 6.73 Å². The van der Waals surface area contributed by atoms with Crippen molar-refractivity contribution in [2.75, 3.05) is 56.9 Å². The van der Waals surface area contributed by atoms with Crippen LogP contribution in [0.5, 0.6) is 5.75 Å². The van der Waals surface area contributed by atoms with Gasteiger partial charge in [-0.3, -0.25) is 4.79 Å². The Balaban J connectivity index is 1.75. The Hall–Kier alpha value is -4.48. The SMILES string of the molecule is C=CC(=O)Nc1cc(Nc2ncc(F)c(-c3cn(CO)c4ccccc34)n2)c(OC)cc1N(C)CCN(C)C. The van der Waals surface area contributed by atoms with Crippen LogP contribution in [0.4, 0.5) is 27.4 Å². The molecule has 0 radical (unpaired) electrons. The molecule has 11 heteroatoms. The third-order valence-electron chi connectivity index (χ3n) is 6.24. The number of aromatic nitrogens is 3. The quantitative estimate of drug-likeness (QED) is 0.248. The number of halogens is 1. The number of hydrogen-bond acceptors (Lipinski definition) is 8. The van der Waals surface area contributed by atoms with E-state index < -0.39 is 5.82 Å². The van der Waals surface area contributed by atoms with Gasteiger partial charge in [-0.2, -0.15) is 0 Å². The molecule has 1 amide bonds. The Labute approximate surface area is 226 Å². The maximum Gasteiger partial charge on any atom is 0.247 e. The van der Waals surface area contributed by atoms with Gasteiger partial charge in [-0.05, 0) is 32.3 Å². The van der Waals surface area contributed by atoms with Crippen LogP contribution in [0.25, 0.3) is 22.2 Å². The molecule has 0 unspecified atom stereocenters. The summed E-state index contributed by atoms with van der Waals surface area (Å²) in [5.74, 6) is -0.371. The van der Waals surface area contributed by atoms with E-state index in [9.17, 15) is 14.3 Å². The Morgan fingerprint density at radius 2 is 1.97 bits per heavy atom. The number of hydrogen-bond donors (Lipinski definition) is 3. The van der Waals surface area contributed by atoms with Crippen molar-refractivity contribution >= 4 is 39.8 Å². The number of ether oxygens (including phenoxy) is 1. The number of fused-ring (bicyclic) bond motifs is 1. The van der Waals surface area contributed by atoms with E-state index in [0.717, 1.165) is 29.3 Å². The fraction of sp³-hybridized carbons (Fsp3) is 0.250. The fourth-order valence-electron chi connectivity index (χ4n) is 4.19. The van der Waals surface area contributed by atoms with Crippen LogP contribution in [0, 0.1) is 5.82 Å². The minimum absolute atomic E-state index is 0.0788. The molecule has 2 heterocycles. The first-order chi connectivity index (χ1) is 18.7. The van der Waals surface area contributed by atoms with E-state index in [2.05, 4.69) is 32.1 Å². The molecule has 0 saturated heterocycles. The van der Waals surface area contributed by atoms with Gasteiger partial charge in [0.1, 0.15) is 18.2 Å². The highest BCUT2D eigenvalue weighted by Gasteiger charge is 2.19. The number of aliphatic hydroxyl groups is 1. The van der Waals surface area contributed by atoms with Gasteiger partial charge in [0.05, 0.1) is 35.9 Å². The summed E-state index contributed by atoms with van der Waals surface area (Å²) < 4.78 is 22.2. The first-order valence-corrected chi connectivity index (χ1v) is 12.3. The lowest BCUT2D eigenvalue weighted by Gasteiger charge is -2.26. The predicted octanol–water partition coefficient (Wildman–Crippen LogP) is 4.06. The number of carbonyl (C=O) groups is 1. The molecule has 0 aliphatic rings. The van der Waals surface area contributed by atoms with E-state index in [4.69, 9.17) is 4.74 Å². The van der Waals surface area contributed by atoms with E-state index in [-0.39, 0.29) is 24.3 Å². The predicted molar refractivity (Wildman–Crippen MR) is 152 cm³/mol. The molecule has 0 atom stereocenters. The van der Waals surface area contributed by atoms with Gasteiger partial charge in [-0.1, -0.05) is 24.8 Å². The van der Waals surface area contributed by atoms with Gasteiger partial charge in [-0.15, -0.1) is 0 Å². The molecule has 4 aromatic rings. The molecule has 4 rings (SSSR count). The number of methoxy groups -OCH3 is 1. The van der Waals surface area contributed by atoms with E-state index in [0.29, 0.717) is 29.2 Å². The number of aliphatic hydroxyl groups excluding tert-OH is 1. The summed E-state index contributed by atoms with van der Waals surface area (Å²) >= 11 is 0. The zero-order valence-electron chi connectivity index (χ0n) is 22.4. The van der Waals surface area contributed by atoms with Crippen LogP contribution in [0.1, 0.15) is 0 Å². The lowest BCUT2D eigenvalue weighted by molar-refractivity contribution is -0.111. The normalized spacial score (nSPS) is 11.1. The molecular formula is C28H32FN7O3. The minimum Gasteiger partial charge on any atom is -0.494 e. The van der Waals surface area contributed by atoms with Gasteiger partial charge in [-0.25, -0.2) is 14.4 Å². The standard InChI is InChI=1S/C28H32FN7O3/c1-6-26(38)31-21-13-22(25(39-5)14-24(21)35(4)12-11-34(2)3)32-28-30-15-20(29)27(33-28)19-16-36(17-37)23-10-8-7-9-18(19)23/h6-10,13-16,37H,1,11-12,17H2,2-5H3,(H,31,38)(H,30,32,33). The molecule has 2 aromatic heterocycles. The third-order valence-corrected chi connectivity index (χ3v) is 6.24. The second kappa shape index (κ2) is 11.9. The molecule has 0 bridgehead atoms. The summed E-state index contributed by atoms with van der Waals surface area (Å²) in [6.07, 6.45) is 3.94. The van der Waals surface area contributed by atoms with Crippen molar-refractivity contribution in [3.8, 4) is 17.0 Å². The van der Waals surface area contributed by atoms with Crippen molar-refractivity contribution in [1.82, 2.24) is 19.4 Å². The Morgan fingerprint density at radius 1 is 1.21 bits per heavy atom. The third kappa shape index (κ3) is 6.00. The molecule has 2 aromatic carbocycles. The number of para-hydroxylation sites is 1. The van der Waals surface area contributed by atoms with Gasteiger partial charge in [0, 0.05) is 43.4 Å². The maximum absolute atomic E-state index is 15.0. The Morgan fingerprint density at radius 3 is 2.67 bits per heavy atom. The first kappa shape index (κ1) is 27.6. The van der Waals surface area contributed by atoms with E-state index >= 15 is 0 Å². The average Bonchev–Trinajstić information content (AvgIpc) is 3.31. The zero-order chi connectivity index (χ0) is 28.1. The summed E-state index contributed by atoms with van der Waals surface area (Å²) in [5, 5.41) is 16.5. The Bertz CT molecular complexity index is 1500. The van der Waals surface area contributed by atoms with Crippen LogP contribution >= 0.6 is 0 Å². The minimum atomic E-state index is -0.606. The van der Waals surface area contributed by atoms with E-state index in [1.165, 1.54) is 13.2 Å². The number of nitrogens with one attached hydrogen (secondary N) is 2. The van der Waals surface area contributed by atoms with Crippen molar-refractivity contribution in [3.63, 3.8) is 0 Å². The van der Waals surface area contributed by atoms with Gasteiger partial charge >= 0.3 is 0 Å². The summed E-state index contributed by atoms with van der Waals surface area (Å²) in [6, 6.07) is 10.9. The molecule has 39 heavy (non-hydrogen) atoms. The van der Waals surface area contributed by atoms with E-state index in [1.807, 2.05) is 50.3 Å². The summed E-state index contributed by atoms with van der Waals surface area (Å²) in [7, 11) is 7.43. The number of nitrogens with zero attached hydrogens (tertiary/aromatic N) is 5. The lowest BCUT2D eigenvalue weighted by Crippen LogP contribution is -2.29. The zero-order valence-corrected chi connectivity index (χ0v) is 22.4. The highest BCUT2D eigenvalue weighted by atomic mass is 19.1. The molecule has 10 nitrogen and oxygen atoms in total. The van der Waals surface area contributed by atoms with Crippen LogP contribution in [0.3, 0.4) is 0 Å². The second-order valence-corrected chi connectivity index (χ2v) is 9.17. The molecule has 0 aliphatic carbocycles. The van der Waals surface area contributed by atoms with Crippen LogP contribution in [0.15, 0.2) is 61.4 Å². The summed E-state index contributed by atoms with van der Waals surface area (Å²) in [6.45, 7) is 4.78. The van der Waals surface area contributed by atoms with Crippen LogP contribution in [-0.2, 0) is 11.5 Å². The van der Waals surface area contributed by atoms with Gasteiger partial charge in [0.2, 0.25) is 11.9 Å². The number of benzene rings is 2. The first-order valence-electron chi connectivity index (χ1n) is 12.3. The number of rotatable bonds is 11. The topological polar surface area (TPSA) is 108 Å². The number of likely N-dealkylation sites (N-methyl/N-ethyl adjacent to an activating group) is 2. The van der Waals surface area contributed by atoms with Gasteiger partial charge in [0.25, 0.3) is 0 Å². The number of carbonyl (C=O) groups excluding carboxylic acids is 1. The van der Waals surface area contributed by atoms with Crippen LogP contribution in [-0.4, -0.2) is 71.8 Å². The average molecular weight is 534 g/mol. The smallest absolute Gasteiger partial charge is 0.247 e. The highest BCUT2D eigenvalue weighted by molar-refractivity contribution is 6.02. The summed E-state index contributed by atoms with van der Waals surface area (Å²) in [4.78, 5) is 24.9. The second-order valence-electron chi connectivity index (χ2n) is 9.17. The van der Waals surface area contributed by atoms with E-state index in [1.54, 1.807) is 22.9 Å². The molecule has 0 saturated carbocycles. The highest BCUT2D eigenvalue weighted by Crippen LogP contribution is 2.38. The summed E-state index contributed by atoms with van der Waals surface area (Å²) in [5.41, 5.74) is 3.09. The molecule has 204 valence electrons. The largest absolute Gasteiger partial charge is 0.494 e. The maximum atomic E-state index is 15.0. The number of amides is 1. The fourth-order valence-corrected chi connectivity index (χ4v) is 4.19. The lowest BCUT2D eigenvalue weighted by atomic mass is 10.1. The van der Waals surface area contributed by atoms with Crippen molar-refractivity contribution < 1.29 is 19.0 Å². The molecular weight excluding hydrogens is 501 g/mol. The molecule has 0 aliphatic heterocycles. The monoisotopic (exact) mass is 533 g/mol. The molecule has 3 N–H and O–H groups in total. The van der Waals surface area contributed by atoms with Crippen molar-refractivity contribution in [1.29, 1.82) is 0 Å². The number of anilines is 4. The van der Waals surface area contributed by atoms with Crippen LogP contribution < -0.4 is 20.3 Å². The van der Waals surface area contributed by atoms with Gasteiger partial charge < -0.3 is 34.8 Å². The Kier molecular flexibility index (Phi) is 8.43. The van der Waals surface area contributed by atoms with Crippen molar-refractivity contribution in [2.24, 2.45) is 0 Å². The van der Waals surface area contributed by atoms with Gasteiger partial charge in [0.15, 0.2) is 5.82 Å². The van der Waals surface area contributed by atoms with Crippen molar-refractivity contribution in [3.05, 3.63) is 67.3 Å². The molecule has 0 fully saturated rings. The molecule has 0 spiro atoms. The van der Waals surface area contributed by atoms with Crippen LogP contribution in [0.2, 0.25) is 0 Å².